The SMILES string of the molecule is N#Cc1cc(Br)ccc1NC(=O)c1csc(CCN)n1. The van der Waals surface area contributed by atoms with Gasteiger partial charge in [-0.05, 0) is 24.7 Å². The number of aromatic nitrogens is 1. The Morgan fingerprint density at radius 2 is 2.35 bits per heavy atom. The smallest absolute Gasteiger partial charge is 0.275 e. The van der Waals surface area contributed by atoms with Crippen LogP contribution in [0.3, 0.4) is 0 Å². The molecule has 1 heterocycles. The van der Waals surface area contributed by atoms with Gasteiger partial charge in [0, 0.05) is 16.3 Å². The number of carbonyl (C=O) groups excluding carboxylic acids is 1. The maximum absolute atomic E-state index is 12.1. The van der Waals surface area contributed by atoms with Gasteiger partial charge in [-0.25, -0.2) is 4.98 Å². The number of amides is 1. The Morgan fingerprint density at radius 1 is 1.55 bits per heavy atom. The van der Waals surface area contributed by atoms with Gasteiger partial charge in [0.05, 0.1) is 16.3 Å². The zero-order valence-electron chi connectivity index (χ0n) is 10.4. The fourth-order valence-electron chi connectivity index (χ4n) is 1.56. The van der Waals surface area contributed by atoms with Crippen LogP contribution >= 0.6 is 27.3 Å². The number of carbonyl (C=O) groups is 1. The molecule has 0 unspecified atom stereocenters. The first kappa shape index (κ1) is 14.7. The molecular formula is C13H11BrN4OS. The van der Waals surface area contributed by atoms with E-state index in [1.54, 1.807) is 23.6 Å². The van der Waals surface area contributed by atoms with E-state index in [1.807, 2.05) is 6.07 Å². The van der Waals surface area contributed by atoms with Crippen LogP contribution in [-0.2, 0) is 6.42 Å². The van der Waals surface area contributed by atoms with Crippen LogP contribution in [0, 0.1) is 11.3 Å². The number of anilines is 1. The molecule has 0 aliphatic rings. The molecule has 0 aliphatic heterocycles. The number of nitrogens with two attached hydrogens (primary N) is 1. The Kier molecular flexibility index (Phi) is 4.84. The topological polar surface area (TPSA) is 91.8 Å². The molecular weight excluding hydrogens is 340 g/mol. The Bertz CT molecular complexity index is 677. The fraction of sp³-hybridized carbons (Fsp3) is 0.154. The van der Waals surface area contributed by atoms with Crippen molar-refractivity contribution >= 4 is 38.9 Å². The van der Waals surface area contributed by atoms with Crippen LogP contribution in [0.25, 0.3) is 0 Å². The first-order valence-electron chi connectivity index (χ1n) is 5.79. The van der Waals surface area contributed by atoms with Gasteiger partial charge in [-0.3, -0.25) is 4.79 Å². The number of nitrogens with one attached hydrogen (secondary N) is 1. The van der Waals surface area contributed by atoms with Gasteiger partial charge >= 0.3 is 0 Å². The van der Waals surface area contributed by atoms with Crippen LogP contribution in [0.2, 0.25) is 0 Å². The lowest BCUT2D eigenvalue weighted by atomic mass is 10.2. The lowest BCUT2D eigenvalue weighted by Gasteiger charge is -2.05. The van der Waals surface area contributed by atoms with E-state index in [9.17, 15) is 4.79 Å². The summed E-state index contributed by atoms with van der Waals surface area (Å²) < 4.78 is 0.783. The van der Waals surface area contributed by atoms with E-state index >= 15 is 0 Å². The molecule has 3 N–H and O–H groups in total. The number of nitrogens with zero attached hydrogens (tertiary/aromatic N) is 2. The van der Waals surface area contributed by atoms with Gasteiger partial charge in [0.15, 0.2) is 0 Å². The van der Waals surface area contributed by atoms with E-state index in [4.69, 9.17) is 11.0 Å². The quantitative estimate of drug-likeness (QED) is 0.885. The molecule has 0 atom stereocenters. The van der Waals surface area contributed by atoms with Gasteiger partial charge in [-0.15, -0.1) is 11.3 Å². The van der Waals surface area contributed by atoms with Crippen molar-refractivity contribution in [1.29, 1.82) is 5.26 Å². The highest BCUT2D eigenvalue weighted by Crippen LogP contribution is 2.21. The largest absolute Gasteiger partial charge is 0.330 e. The number of hydrogen-bond donors (Lipinski definition) is 2. The Labute approximate surface area is 128 Å². The van der Waals surface area contributed by atoms with Crippen molar-refractivity contribution in [2.75, 3.05) is 11.9 Å². The molecule has 20 heavy (non-hydrogen) atoms. The average Bonchev–Trinajstić information content (AvgIpc) is 2.90. The van der Waals surface area contributed by atoms with Crippen LogP contribution in [0.1, 0.15) is 21.1 Å². The lowest BCUT2D eigenvalue weighted by Crippen LogP contribution is -2.13. The standard InChI is InChI=1S/C13H11BrN4OS/c14-9-1-2-10(8(5-9)6-16)18-13(19)11-7-20-12(17-11)3-4-15/h1-2,5,7H,3-4,15H2,(H,18,19). The van der Waals surface area contributed by atoms with Crippen molar-refractivity contribution in [2.45, 2.75) is 6.42 Å². The highest BCUT2D eigenvalue weighted by Gasteiger charge is 2.13. The second-order valence-corrected chi connectivity index (χ2v) is 5.78. The van der Waals surface area contributed by atoms with Gasteiger partial charge in [-0.1, -0.05) is 15.9 Å². The second kappa shape index (κ2) is 6.61. The summed E-state index contributed by atoms with van der Waals surface area (Å²) >= 11 is 4.68. The van der Waals surface area contributed by atoms with Crippen LogP contribution in [0.5, 0.6) is 0 Å². The minimum Gasteiger partial charge on any atom is -0.330 e. The third-order valence-corrected chi connectivity index (χ3v) is 3.89. The van der Waals surface area contributed by atoms with Crippen molar-refractivity contribution in [2.24, 2.45) is 5.73 Å². The van der Waals surface area contributed by atoms with Gasteiger partial charge in [0.2, 0.25) is 0 Å². The normalized spacial score (nSPS) is 10.1. The Balaban J connectivity index is 2.17. The highest BCUT2D eigenvalue weighted by molar-refractivity contribution is 9.10. The molecule has 1 aromatic heterocycles. The number of nitriles is 1. The summed E-state index contributed by atoms with van der Waals surface area (Å²) in [4.78, 5) is 16.3. The molecule has 2 rings (SSSR count). The predicted molar refractivity (Wildman–Crippen MR) is 81.7 cm³/mol. The summed E-state index contributed by atoms with van der Waals surface area (Å²) in [6.07, 6.45) is 0.652. The molecule has 0 saturated carbocycles. The summed E-state index contributed by atoms with van der Waals surface area (Å²) in [5.41, 5.74) is 6.65. The van der Waals surface area contributed by atoms with E-state index < -0.39 is 0 Å². The molecule has 0 radical (unpaired) electrons. The summed E-state index contributed by atoms with van der Waals surface area (Å²) in [6.45, 7) is 0.500. The van der Waals surface area contributed by atoms with E-state index in [0.717, 1.165) is 9.48 Å². The summed E-state index contributed by atoms with van der Waals surface area (Å²) in [7, 11) is 0. The Hall–Kier alpha value is -1.75. The van der Waals surface area contributed by atoms with E-state index in [2.05, 4.69) is 26.2 Å². The molecule has 0 saturated heterocycles. The molecule has 0 fully saturated rings. The maximum Gasteiger partial charge on any atom is 0.275 e. The monoisotopic (exact) mass is 350 g/mol. The molecule has 1 amide bonds. The van der Waals surface area contributed by atoms with Crippen LogP contribution in [-0.4, -0.2) is 17.4 Å². The number of halogens is 1. The summed E-state index contributed by atoms with van der Waals surface area (Å²) in [6, 6.07) is 7.12. The number of rotatable bonds is 4. The van der Waals surface area contributed by atoms with E-state index in [-0.39, 0.29) is 5.91 Å². The summed E-state index contributed by atoms with van der Waals surface area (Å²) in [5, 5.41) is 14.3. The highest BCUT2D eigenvalue weighted by atomic mass is 79.9. The third-order valence-electron chi connectivity index (χ3n) is 2.49. The van der Waals surface area contributed by atoms with Gasteiger partial charge in [0.25, 0.3) is 5.91 Å². The molecule has 0 bridgehead atoms. The van der Waals surface area contributed by atoms with Crippen molar-refractivity contribution in [3.8, 4) is 6.07 Å². The van der Waals surface area contributed by atoms with E-state index in [0.29, 0.717) is 29.9 Å². The molecule has 1 aromatic carbocycles. The lowest BCUT2D eigenvalue weighted by molar-refractivity contribution is 0.102. The third kappa shape index (κ3) is 3.42. The molecule has 0 spiro atoms. The van der Waals surface area contributed by atoms with Crippen LogP contribution in [0.15, 0.2) is 28.1 Å². The molecule has 5 nitrogen and oxygen atoms in total. The number of benzene rings is 1. The minimum atomic E-state index is -0.330. The van der Waals surface area contributed by atoms with Crippen LogP contribution in [0.4, 0.5) is 5.69 Å². The zero-order chi connectivity index (χ0) is 14.5. The average molecular weight is 351 g/mol. The Morgan fingerprint density at radius 3 is 3.05 bits per heavy atom. The fourth-order valence-corrected chi connectivity index (χ4v) is 2.71. The zero-order valence-corrected chi connectivity index (χ0v) is 12.8. The predicted octanol–water partition coefficient (Wildman–Crippen LogP) is 2.53. The van der Waals surface area contributed by atoms with Gasteiger partial charge in [0.1, 0.15) is 11.8 Å². The van der Waals surface area contributed by atoms with Crippen molar-refractivity contribution < 1.29 is 4.79 Å². The van der Waals surface area contributed by atoms with E-state index in [1.165, 1.54) is 11.3 Å². The number of thiazole rings is 1. The van der Waals surface area contributed by atoms with Crippen molar-refractivity contribution in [1.82, 2.24) is 4.98 Å². The molecule has 102 valence electrons. The number of hydrogen-bond acceptors (Lipinski definition) is 5. The van der Waals surface area contributed by atoms with Crippen molar-refractivity contribution in [3.63, 3.8) is 0 Å². The molecule has 0 aliphatic carbocycles. The maximum atomic E-state index is 12.1. The summed E-state index contributed by atoms with van der Waals surface area (Å²) in [5.74, 6) is -0.330. The molecule has 2 aromatic rings. The van der Waals surface area contributed by atoms with Gasteiger partial charge in [-0.2, -0.15) is 5.26 Å². The first-order valence-corrected chi connectivity index (χ1v) is 7.46. The molecule has 7 heteroatoms. The van der Waals surface area contributed by atoms with Gasteiger partial charge < -0.3 is 11.1 Å². The van der Waals surface area contributed by atoms with Crippen molar-refractivity contribution in [3.05, 3.63) is 44.3 Å². The second-order valence-electron chi connectivity index (χ2n) is 3.92. The minimum absolute atomic E-state index is 0.330. The first-order chi connectivity index (χ1) is 9.63. The van der Waals surface area contributed by atoms with Crippen LogP contribution < -0.4 is 11.1 Å².